The minimum atomic E-state index is -0.404. The predicted octanol–water partition coefficient (Wildman–Crippen LogP) is 2.81. The number of hydrogen-bond donors (Lipinski definition) is 0. The van der Waals surface area contributed by atoms with Gasteiger partial charge in [0.05, 0.1) is 6.61 Å². The predicted molar refractivity (Wildman–Crippen MR) is 57.2 cm³/mol. The van der Waals surface area contributed by atoms with Crippen molar-refractivity contribution in [2.75, 3.05) is 6.61 Å². The van der Waals surface area contributed by atoms with E-state index in [0.29, 0.717) is 18.3 Å². The minimum Gasteiger partial charge on any atom is -0.367 e. The summed E-state index contributed by atoms with van der Waals surface area (Å²) >= 11 is 0. The Morgan fingerprint density at radius 3 is 2.14 bits per heavy atom. The largest absolute Gasteiger partial charge is 0.367 e. The number of ether oxygens (including phenoxy) is 1. The maximum absolute atomic E-state index is 11.9. The second-order valence-corrected chi connectivity index (χ2v) is 5.07. The minimum absolute atomic E-state index is 0.0995. The average molecular weight is 198 g/mol. The first kappa shape index (κ1) is 11.7. The van der Waals surface area contributed by atoms with Crippen LogP contribution in [0, 0.1) is 11.8 Å². The highest BCUT2D eigenvalue weighted by molar-refractivity contribution is 5.89. The zero-order chi connectivity index (χ0) is 10.8. The summed E-state index contributed by atoms with van der Waals surface area (Å²) in [4.78, 5) is 11.9. The van der Waals surface area contributed by atoms with E-state index in [4.69, 9.17) is 4.74 Å². The number of carbonyl (C=O) groups excluding carboxylic acids is 1. The van der Waals surface area contributed by atoms with Crippen LogP contribution in [-0.2, 0) is 9.53 Å². The monoisotopic (exact) mass is 198 g/mol. The summed E-state index contributed by atoms with van der Waals surface area (Å²) in [6, 6.07) is 0. The van der Waals surface area contributed by atoms with Crippen LogP contribution in [0.1, 0.15) is 47.0 Å². The molecule has 2 heteroatoms. The maximum atomic E-state index is 11.9. The fraction of sp³-hybridized carbons (Fsp3) is 0.917. The molecule has 0 aliphatic heterocycles. The Balaban J connectivity index is 2.53. The van der Waals surface area contributed by atoms with Gasteiger partial charge >= 0.3 is 0 Å². The van der Waals surface area contributed by atoms with Gasteiger partial charge in [-0.3, -0.25) is 4.79 Å². The lowest BCUT2D eigenvalue weighted by molar-refractivity contribution is -0.163. The van der Waals surface area contributed by atoms with Crippen LogP contribution in [0.4, 0.5) is 0 Å². The molecule has 1 saturated carbocycles. The number of ketones is 1. The molecule has 0 heterocycles. The molecule has 0 unspecified atom stereocenters. The fourth-order valence-corrected chi connectivity index (χ4v) is 1.81. The van der Waals surface area contributed by atoms with Crippen LogP contribution in [-0.4, -0.2) is 18.0 Å². The normalized spacial score (nSPS) is 19.9. The van der Waals surface area contributed by atoms with Crippen LogP contribution in [0.5, 0.6) is 0 Å². The summed E-state index contributed by atoms with van der Waals surface area (Å²) in [6.45, 7) is 8.86. The van der Waals surface area contributed by atoms with Crippen LogP contribution in [0.25, 0.3) is 0 Å². The summed E-state index contributed by atoms with van der Waals surface area (Å²) < 4.78 is 5.80. The van der Waals surface area contributed by atoms with Crippen LogP contribution in [0.3, 0.4) is 0 Å². The van der Waals surface area contributed by atoms with Gasteiger partial charge in [0.2, 0.25) is 0 Å². The van der Waals surface area contributed by atoms with Gasteiger partial charge in [0.15, 0.2) is 5.78 Å². The van der Waals surface area contributed by atoms with E-state index in [-0.39, 0.29) is 5.92 Å². The fourth-order valence-electron chi connectivity index (χ4n) is 1.81. The van der Waals surface area contributed by atoms with Crippen LogP contribution in [0.2, 0.25) is 0 Å². The Morgan fingerprint density at radius 2 is 1.86 bits per heavy atom. The first-order valence-electron chi connectivity index (χ1n) is 5.66. The second kappa shape index (κ2) is 4.43. The Hall–Kier alpha value is -0.370. The third-order valence-electron chi connectivity index (χ3n) is 2.83. The molecular formula is C12H22O2. The van der Waals surface area contributed by atoms with Gasteiger partial charge in [-0.05, 0) is 25.2 Å². The lowest BCUT2D eigenvalue weighted by Crippen LogP contribution is -2.50. The lowest BCUT2D eigenvalue weighted by atomic mass is 9.73. The van der Waals surface area contributed by atoms with E-state index in [1.54, 1.807) is 0 Å². The molecule has 0 aromatic heterocycles. The van der Waals surface area contributed by atoms with E-state index in [2.05, 4.69) is 13.8 Å². The highest BCUT2D eigenvalue weighted by atomic mass is 16.5. The summed E-state index contributed by atoms with van der Waals surface area (Å²) in [5, 5.41) is 0. The lowest BCUT2D eigenvalue weighted by Gasteiger charge is -2.41. The van der Waals surface area contributed by atoms with Gasteiger partial charge in [0.1, 0.15) is 5.60 Å². The zero-order valence-electron chi connectivity index (χ0n) is 9.80. The summed E-state index contributed by atoms with van der Waals surface area (Å²) in [5.41, 5.74) is -0.404. The van der Waals surface area contributed by atoms with E-state index < -0.39 is 5.60 Å². The molecule has 82 valence electrons. The van der Waals surface area contributed by atoms with Gasteiger partial charge < -0.3 is 4.74 Å². The Labute approximate surface area is 87.0 Å². The summed E-state index contributed by atoms with van der Waals surface area (Å²) in [6.07, 6.45) is 2.99. The third-order valence-corrected chi connectivity index (χ3v) is 2.83. The highest BCUT2D eigenvalue weighted by Crippen LogP contribution is 2.38. The number of rotatable bonds is 5. The van der Waals surface area contributed by atoms with Gasteiger partial charge in [-0.2, -0.15) is 0 Å². The maximum Gasteiger partial charge on any atom is 0.167 e. The molecule has 0 saturated heterocycles. The van der Waals surface area contributed by atoms with Crippen molar-refractivity contribution in [3.63, 3.8) is 0 Å². The van der Waals surface area contributed by atoms with Gasteiger partial charge in [-0.15, -0.1) is 0 Å². The number of Topliss-reactive ketones (excluding diaryl/α,β-unsaturated/α-hetero) is 1. The summed E-state index contributed by atoms with van der Waals surface area (Å²) in [7, 11) is 0. The number of carbonyl (C=O) groups is 1. The molecule has 14 heavy (non-hydrogen) atoms. The quantitative estimate of drug-likeness (QED) is 0.679. The van der Waals surface area contributed by atoms with Crippen molar-refractivity contribution >= 4 is 5.78 Å². The van der Waals surface area contributed by atoms with Crippen molar-refractivity contribution in [3.05, 3.63) is 0 Å². The SMILES string of the molecule is CC(C)COC1(C(=O)C(C)C)CCC1. The Bertz CT molecular complexity index is 202. The van der Waals surface area contributed by atoms with Crippen LogP contribution < -0.4 is 0 Å². The Kier molecular flexibility index (Phi) is 3.71. The molecule has 0 aromatic carbocycles. The molecular weight excluding hydrogens is 176 g/mol. The molecule has 1 aliphatic carbocycles. The van der Waals surface area contributed by atoms with E-state index >= 15 is 0 Å². The van der Waals surface area contributed by atoms with Crippen LogP contribution >= 0.6 is 0 Å². The molecule has 2 nitrogen and oxygen atoms in total. The molecule has 0 N–H and O–H groups in total. The Morgan fingerprint density at radius 1 is 1.29 bits per heavy atom. The van der Waals surface area contributed by atoms with Crippen molar-refractivity contribution in [2.24, 2.45) is 11.8 Å². The van der Waals surface area contributed by atoms with E-state index in [0.717, 1.165) is 19.3 Å². The van der Waals surface area contributed by atoms with Crippen molar-refractivity contribution < 1.29 is 9.53 Å². The number of hydrogen-bond acceptors (Lipinski definition) is 2. The van der Waals surface area contributed by atoms with Crippen LogP contribution in [0.15, 0.2) is 0 Å². The first-order chi connectivity index (χ1) is 6.48. The molecule has 0 atom stereocenters. The van der Waals surface area contributed by atoms with E-state index in [9.17, 15) is 4.79 Å². The van der Waals surface area contributed by atoms with Crippen molar-refractivity contribution in [3.8, 4) is 0 Å². The topological polar surface area (TPSA) is 26.3 Å². The van der Waals surface area contributed by atoms with Gasteiger partial charge in [0, 0.05) is 5.92 Å². The van der Waals surface area contributed by atoms with Crippen molar-refractivity contribution in [2.45, 2.75) is 52.6 Å². The summed E-state index contributed by atoms with van der Waals surface area (Å²) in [5.74, 6) is 0.902. The molecule has 1 aliphatic rings. The van der Waals surface area contributed by atoms with Crippen molar-refractivity contribution in [1.82, 2.24) is 0 Å². The van der Waals surface area contributed by atoms with Gasteiger partial charge in [0.25, 0.3) is 0 Å². The molecule has 0 aromatic rings. The molecule has 1 rings (SSSR count). The average Bonchev–Trinajstić information content (AvgIpc) is 2.01. The molecule has 0 radical (unpaired) electrons. The molecule has 0 spiro atoms. The molecule has 0 amide bonds. The second-order valence-electron chi connectivity index (χ2n) is 5.07. The molecule has 1 fully saturated rings. The highest BCUT2D eigenvalue weighted by Gasteiger charge is 2.45. The first-order valence-corrected chi connectivity index (χ1v) is 5.66. The van der Waals surface area contributed by atoms with E-state index in [1.165, 1.54) is 0 Å². The third kappa shape index (κ3) is 2.35. The van der Waals surface area contributed by atoms with Gasteiger partial charge in [-0.25, -0.2) is 0 Å². The van der Waals surface area contributed by atoms with E-state index in [1.807, 2.05) is 13.8 Å². The van der Waals surface area contributed by atoms with Gasteiger partial charge in [-0.1, -0.05) is 27.7 Å². The molecule has 0 bridgehead atoms. The standard InChI is InChI=1S/C12H22O2/c1-9(2)8-14-12(6-5-7-12)11(13)10(3)4/h9-10H,5-8H2,1-4H3. The smallest absolute Gasteiger partial charge is 0.167 e. The zero-order valence-corrected chi connectivity index (χ0v) is 9.80. The van der Waals surface area contributed by atoms with Crippen molar-refractivity contribution in [1.29, 1.82) is 0 Å².